The monoisotopic (exact) mass is 252 g/mol. The predicted octanol–water partition coefficient (Wildman–Crippen LogP) is 1.86. The summed E-state index contributed by atoms with van der Waals surface area (Å²) in [6.07, 6.45) is 1.03. The Morgan fingerprint density at radius 2 is 1.94 bits per heavy atom. The summed E-state index contributed by atoms with van der Waals surface area (Å²) in [6, 6.07) is 6.22. The lowest BCUT2D eigenvalue weighted by molar-refractivity contribution is -0.121. The lowest BCUT2D eigenvalue weighted by Gasteiger charge is -2.22. The smallest absolute Gasteiger partial charge is 0.220 e. The Balaban J connectivity index is 2.31. The van der Waals surface area contributed by atoms with Gasteiger partial charge < -0.3 is 11.1 Å². The van der Waals surface area contributed by atoms with Crippen LogP contribution in [-0.4, -0.2) is 19.0 Å². The molecule has 1 rings (SSSR count). The van der Waals surface area contributed by atoms with E-state index in [1.54, 1.807) is 12.1 Å². The minimum absolute atomic E-state index is 0.000787. The molecular formula is C14H21FN2O. The summed E-state index contributed by atoms with van der Waals surface area (Å²) in [5.74, 6) is -0.256. The highest BCUT2D eigenvalue weighted by atomic mass is 19.1. The number of benzene rings is 1. The van der Waals surface area contributed by atoms with Crippen LogP contribution < -0.4 is 11.1 Å². The zero-order chi connectivity index (χ0) is 13.6. The minimum Gasteiger partial charge on any atom is -0.356 e. The zero-order valence-electron chi connectivity index (χ0n) is 11.0. The number of carbonyl (C=O) groups excluding carboxylic acids is 1. The van der Waals surface area contributed by atoms with Gasteiger partial charge in [0.15, 0.2) is 0 Å². The highest BCUT2D eigenvalue weighted by Crippen LogP contribution is 2.10. The van der Waals surface area contributed by atoms with E-state index in [1.165, 1.54) is 12.1 Å². The van der Waals surface area contributed by atoms with Gasteiger partial charge in [0.05, 0.1) is 0 Å². The first kappa shape index (κ1) is 14.6. The number of amides is 1. The van der Waals surface area contributed by atoms with Crippen molar-refractivity contribution in [1.82, 2.24) is 5.32 Å². The molecule has 1 aromatic carbocycles. The van der Waals surface area contributed by atoms with E-state index >= 15 is 0 Å². The van der Waals surface area contributed by atoms with E-state index in [-0.39, 0.29) is 17.1 Å². The van der Waals surface area contributed by atoms with Gasteiger partial charge in [-0.25, -0.2) is 4.39 Å². The second kappa shape index (κ2) is 6.50. The van der Waals surface area contributed by atoms with Crippen LogP contribution in [0.2, 0.25) is 0 Å². The van der Waals surface area contributed by atoms with E-state index in [0.29, 0.717) is 25.9 Å². The summed E-state index contributed by atoms with van der Waals surface area (Å²) < 4.78 is 12.7. The fraction of sp³-hybridized carbons (Fsp3) is 0.500. The Morgan fingerprint density at radius 3 is 2.50 bits per heavy atom. The normalized spacial score (nSPS) is 11.3. The number of carbonyl (C=O) groups is 1. The molecule has 3 N–H and O–H groups in total. The van der Waals surface area contributed by atoms with Crippen molar-refractivity contribution in [3.63, 3.8) is 0 Å². The van der Waals surface area contributed by atoms with Crippen LogP contribution in [0.5, 0.6) is 0 Å². The molecular weight excluding hydrogens is 231 g/mol. The fourth-order valence-corrected chi connectivity index (χ4v) is 1.41. The fourth-order valence-electron chi connectivity index (χ4n) is 1.41. The SMILES string of the molecule is CC(C)(CN)CNC(=O)CCc1ccc(F)cc1. The van der Waals surface area contributed by atoms with Crippen molar-refractivity contribution in [3.05, 3.63) is 35.6 Å². The molecule has 0 aliphatic rings. The Kier molecular flexibility index (Phi) is 5.28. The van der Waals surface area contributed by atoms with Crippen molar-refractivity contribution < 1.29 is 9.18 Å². The molecule has 0 bridgehead atoms. The van der Waals surface area contributed by atoms with Gasteiger partial charge >= 0.3 is 0 Å². The van der Waals surface area contributed by atoms with Gasteiger partial charge in [0, 0.05) is 13.0 Å². The third-order valence-electron chi connectivity index (χ3n) is 2.87. The van der Waals surface area contributed by atoms with Gasteiger partial charge in [-0.1, -0.05) is 26.0 Å². The van der Waals surface area contributed by atoms with Crippen LogP contribution in [0.4, 0.5) is 4.39 Å². The Bertz CT molecular complexity index is 387. The summed E-state index contributed by atoms with van der Waals surface area (Å²) >= 11 is 0. The third-order valence-corrected chi connectivity index (χ3v) is 2.87. The van der Waals surface area contributed by atoms with E-state index in [4.69, 9.17) is 5.73 Å². The average molecular weight is 252 g/mol. The summed E-state index contributed by atoms with van der Waals surface area (Å²) in [4.78, 5) is 11.6. The summed E-state index contributed by atoms with van der Waals surface area (Å²) in [5.41, 5.74) is 6.47. The number of rotatable bonds is 6. The van der Waals surface area contributed by atoms with Crippen LogP contribution in [0.25, 0.3) is 0 Å². The maximum atomic E-state index is 12.7. The number of nitrogens with one attached hydrogen (secondary N) is 1. The van der Waals surface area contributed by atoms with Gasteiger partial charge in [0.25, 0.3) is 0 Å². The van der Waals surface area contributed by atoms with E-state index < -0.39 is 0 Å². The van der Waals surface area contributed by atoms with Crippen molar-refractivity contribution in [2.45, 2.75) is 26.7 Å². The maximum Gasteiger partial charge on any atom is 0.220 e. The molecule has 0 radical (unpaired) electrons. The summed E-state index contributed by atoms with van der Waals surface area (Å²) in [5, 5.41) is 2.86. The molecule has 0 spiro atoms. The van der Waals surface area contributed by atoms with Gasteiger partial charge in [-0.05, 0) is 36.1 Å². The lowest BCUT2D eigenvalue weighted by Crippen LogP contribution is -2.38. The average Bonchev–Trinajstić information content (AvgIpc) is 2.36. The second-order valence-electron chi connectivity index (χ2n) is 5.27. The lowest BCUT2D eigenvalue weighted by atomic mass is 9.94. The van der Waals surface area contributed by atoms with Crippen LogP contribution in [0.3, 0.4) is 0 Å². The van der Waals surface area contributed by atoms with Crippen molar-refractivity contribution >= 4 is 5.91 Å². The van der Waals surface area contributed by atoms with Crippen LogP contribution in [-0.2, 0) is 11.2 Å². The van der Waals surface area contributed by atoms with E-state index in [2.05, 4.69) is 5.32 Å². The molecule has 0 aliphatic carbocycles. The molecule has 0 saturated carbocycles. The van der Waals surface area contributed by atoms with Gasteiger partial charge in [-0.15, -0.1) is 0 Å². The van der Waals surface area contributed by atoms with Crippen molar-refractivity contribution in [2.75, 3.05) is 13.1 Å². The first-order valence-corrected chi connectivity index (χ1v) is 6.14. The molecule has 0 aromatic heterocycles. The number of hydrogen-bond donors (Lipinski definition) is 2. The highest BCUT2D eigenvalue weighted by Gasteiger charge is 2.16. The molecule has 0 aliphatic heterocycles. The highest BCUT2D eigenvalue weighted by molar-refractivity contribution is 5.76. The predicted molar refractivity (Wildman–Crippen MR) is 70.6 cm³/mol. The number of halogens is 1. The van der Waals surface area contributed by atoms with E-state index in [9.17, 15) is 9.18 Å². The molecule has 4 heteroatoms. The van der Waals surface area contributed by atoms with Crippen molar-refractivity contribution in [1.29, 1.82) is 0 Å². The Morgan fingerprint density at radius 1 is 1.33 bits per heavy atom. The minimum atomic E-state index is -0.257. The summed E-state index contributed by atoms with van der Waals surface area (Å²) in [7, 11) is 0. The van der Waals surface area contributed by atoms with Crippen LogP contribution in [0.15, 0.2) is 24.3 Å². The quantitative estimate of drug-likeness (QED) is 0.812. The first-order valence-electron chi connectivity index (χ1n) is 6.14. The molecule has 1 aromatic rings. The molecule has 18 heavy (non-hydrogen) atoms. The second-order valence-corrected chi connectivity index (χ2v) is 5.27. The van der Waals surface area contributed by atoms with Crippen molar-refractivity contribution in [3.8, 4) is 0 Å². The molecule has 3 nitrogen and oxygen atoms in total. The van der Waals surface area contributed by atoms with Crippen LogP contribution >= 0.6 is 0 Å². The van der Waals surface area contributed by atoms with Crippen molar-refractivity contribution in [2.24, 2.45) is 11.1 Å². The largest absolute Gasteiger partial charge is 0.356 e. The summed E-state index contributed by atoms with van der Waals surface area (Å²) in [6.45, 7) is 5.12. The molecule has 1 amide bonds. The van der Waals surface area contributed by atoms with Crippen LogP contribution in [0, 0.1) is 11.2 Å². The number of aryl methyl sites for hydroxylation is 1. The van der Waals surface area contributed by atoms with E-state index in [1.807, 2.05) is 13.8 Å². The van der Waals surface area contributed by atoms with Gasteiger partial charge in [0.1, 0.15) is 5.82 Å². The molecule has 0 unspecified atom stereocenters. The van der Waals surface area contributed by atoms with Gasteiger partial charge in [-0.2, -0.15) is 0 Å². The molecule has 100 valence electrons. The molecule has 0 saturated heterocycles. The topological polar surface area (TPSA) is 55.1 Å². The Labute approximate surface area is 108 Å². The van der Waals surface area contributed by atoms with Crippen LogP contribution in [0.1, 0.15) is 25.8 Å². The molecule has 0 atom stereocenters. The third kappa shape index (κ3) is 5.27. The first-order chi connectivity index (χ1) is 8.43. The molecule has 0 heterocycles. The van der Waals surface area contributed by atoms with Gasteiger partial charge in [-0.3, -0.25) is 4.79 Å². The standard InChI is InChI=1S/C14H21FN2O/c1-14(2,9-16)10-17-13(18)8-5-11-3-6-12(15)7-4-11/h3-4,6-7H,5,8-10,16H2,1-2H3,(H,17,18). The molecule has 0 fully saturated rings. The van der Waals surface area contributed by atoms with Gasteiger partial charge in [0.2, 0.25) is 5.91 Å². The zero-order valence-corrected chi connectivity index (χ0v) is 11.0. The van der Waals surface area contributed by atoms with E-state index in [0.717, 1.165) is 5.56 Å². The Hall–Kier alpha value is -1.42. The maximum absolute atomic E-state index is 12.7. The number of hydrogen-bond acceptors (Lipinski definition) is 2. The number of nitrogens with two attached hydrogens (primary N) is 1.